The number of hydrogen-bond donors (Lipinski definition) is 1. The Morgan fingerprint density at radius 2 is 2.35 bits per heavy atom. The zero-order valence-electron chi connectivity index (χ0n) is 8.91. The number of carboxylic acid groups (broad SMARTS) is 1. The molecule has 17 heavy (non-hydrogen) atoms. The van der Waals surface area contributed by atoms with Gasteiger partial charge >= 0.3 is 5.97 Å². The van der Waals surface area contributed by atoms with Gasteiger partial charge < -0.3 is 14.0 Å². The summed E-state index contributed by atoms with van der Waals surface area (Å²) in [4.78, 5) is 10.3. The lowest BCUT2D eigenvalue weighted by atomic mass is 10.4. The fourth-order valence-corrected chi connectivity index (χ4v) is 1.75. The third kappa shape index (κ3) is 3.06. The predicted octanol–water partition coefficient (Wildman–Crippen LogP) is 1.60. The van der Waals surface area contributed by atoms with Crippen molar-refractivity contribution >= 4 is 17.7 Å². The van der Waals surface area contributed by atoms with Crippen LogP contribution in [0.1, 0.15) is 12.2 Å². The number of rotatable bonds is 5. The summed E-state index contributed by atoms with van der Waals surface area (Å²) in [5.74, 6) is 0.441. The normalized spacial score (nSPS) is 10.6. The standard InChI is InChI=1S/C9H9N3O4S/c1-5-4-6(12-16-5)8-10-11-9(15-8)17-3-2-7(13)14/h4H,2-3H2,1H3,(H,13,14). The Morgan fingerprint density at radius 3 is 3.00 bits per heavy atom. The van der Waals surface area contributed by atoms with Crippen molar-refractivity contribution in [2.75, 3.05) is 5.75 Å². The fourth-order valence-electron chi connectivity index (χ4n) is 1.06. The van der Waals surface area contributed by atoms with E-state index in [-0.39, 0.29) is 12.3 Å². The van der Waals surface area contributed by atoms with E-state index in [4.69, 9.17) is 14.0 Å². The first kappa shape index (κ1) is 11.6. The molecule has 0 bridgehead atoms. The molecule has 0 unspecified atom stereocenters. The second-order valence-corrected chi connectivity index (χ2v) is 4.23. The third-order valence-electron chi connectivity index (χ3n) is 1.80. The highest BCUT2D eigenvalue weighted by molar-refractivity contribution is 7.99. The molecule has 8 heteroatoms. The minimum Gasteiger partial charge on any atom is -0.481 e. The van der Waals surface area contributed by atoms with Gasteiger partial charge in [-0.2, -0.15) is 0 Å². The number of aromatic nitrogens is 3. The lowest BCUT2D eigenvalue weighted by molar-refractivity contribution is -0.136. The average molecular weight is 255 g/mol. The van der Waals surface area contributed by atoms with Gasteiger partial charge in [-0.3, -0.25) is 4.79 Å². The molecule has 2 rings (SSSR count). The molecule has 0 saturated carbocycles. The molecule has 0 spiro atoms. The number of carbonyl (C=O) groups is 1. The SMILES string of the molecule is Cc1cc(-c2nnc(SCCC(=O)O)o2)no1. The van der Waals surface area contributed by atoms with Gasteiger partial charge in [0, 0.05) is 11.8 Å². The molecule has 0 aromatic carbocycles. The number of carboxylic acids is 1. The second-order valence-electron chi connectivity index (χ2n) is 3.19. The van der Waals surface area contributed by atoms with Crippen LogP contribution in [0.2, 0.25) is 0 Å². The van der Waals surface area contributed by atoms with Gasteiger partial charge in [-0.05, 0) is 6.92 Å². The summed E-state index contributed by atoms with van der Waals surface area (Å²) >= 11 is 1.19. The first-order valence-electron chi connectivity index (χ1n) is 4.77. The van der Waals surface area contributed by atoms with Gasteiger partial charge in [0.15, 0.2) is 5.69 Å². The highest BCUT2D eigenvalue weighted by atomic mass is 32.2. The largest absolute Gasteiger partial charge is 0.481 e. The van der Waals surface area contributed by atoms with Crippen LogP contribution in [-0.2, 0) is 4.79 Å². The maximum atomic E-state index is 10.3. The summed E-state index contributed by atoms with van der Waals surface area (Å²) in [6.07, 6.45) is 0.0471. The Labute approximate surface area is 100 Å². The predicted molar refractivity (Wildman–Crippen MR) is 57.5 cm³/mol. The summed E-state index contributed by atoms with van der Waals surface area (Å²) in [7, 11) is 0. The fraction of sp³-hybridized carbons (Fsp3) is 0.333. The van der Waals surface area contributed by atoms with Crippen LogP contribution in [0, 0.1) is 6.92 Å². The van der Waals surface area contributed by atoms with E-state index >= 15 is 0 Å². The second kappa shape index (κ2) is 5.00. The lowest BCUT2D eigenvalue weighted by Crippen LogP contribution is -1.95. The van der Waals surface area contributed by atoms with Crippen LogP contribution >= 0.6 is 11.8 Å². The molecule has 0 radical (unpaired) electrons. The van der Waals surface area contributed by atoms with Crippen molar-refractivity contribution in [1.29, 1.82) is 0 Å². The molecule has 0 saturated heterocycles. The van der Waals surface area contributed by atoms with Gasteiger partial charge in [-0.1, -0.05) is 16.9 Å². The molecule has 0 atom stereocenters. The molecular weight excluding hydrogens is 246 g/mol. The zero-order chi connectivity index (χ0) is 12.3. The van der Waals surface area contributed by atoms with E-state index in [1.165, 1.54) is 11.8 Å². The summed E-state index contributed by atoms with van der Waals surface area (Å²) < 4.78 is 10.2. The quantitative estimate of drug-likeness (QED) is 0.803. The van der Waals surface area contributed by atoms with Crippen molar-refractivity contribution in [2.24, 2.45) is 0 Å². The Bertz CT molecular complexity index is 522. The van der Waals surface area contributed by atoms with Crippen molar-refractivity contribution in [3.8, 4) is 11.6 Å². The van der Waals surface area contributed by atoms with Crippen molar-refractivity contribution in [3.05, 3.63) is 11.8 Å². The molecule has 2 aromatic rings. The van der Waals surface area contributed by atoms with Gasteiger partial charge in [-0.25, -0.2) is 0 Å². The molecule has 90 valence electrons. The maximum Gasteiger partial charge on any atom is 0.304 e. The van der Waals surface area contributed by atoms with E-state index in [9.17, 15) is 4.79 Å². The van der Waals surface area contributed by atoms with Gasteiger partial charge in [-0.15, -0.1) is 10.2 Å². The van der Waals surface area contributed by atoms with Crippen LogP contribution in [0.3, 0.4) is 0 Å². The van der Waals surface area contributed by atoms with E-state index < -0.39 is 5.97 Å². The molecule has 0 fully saturated rings. The summed E-state index contributed by atoms with van der Waals surface area (Å²) in [6.45, 7) is 1.76. The lowest BCUT2D eigenvalue weighted by Gasteiger charge is -1.90. The molecule has 0 aliphatic rings. The van der Waals surface area contributed by atoms with Gasteiger partial charge in [0.2, 0.25) is 0 Å². The van der Waals surface area contributed by atoms with E-state index in [2.05, 4.69) is 15.4 Å². The van der Waals surface area contributed by atoms with E-state index in [0.29, 0.717) is 22.4 Å². The van der Waals surface area contributed by atoms with E-state index in [1.807, 2.05) is 0 Å². The van der Waals surface area contributed by atoms with Crippen molar-refractivity contribution < 1.29 is 18.8 Å². The van der Waals surface area contributed by atoms with Crippen LogP contribution in [0.5, 0.6) is 0 Å². The highest BCUT2D eigenvalue weighted by Crippen LogP contribution is 2.23. The molecular formula is C9H9N3O4S. The topological polar surface area (TPSA) is 102 Å². The monoisotopic (exact) mass is 255 g/mol. The van der Waals surface area contributed by atoms with Crippen LogP contribution < -0.4 is 0 Å². The highest BCUT2D eigenvalue weighted by Gasteiger charge is 2.13. The minimum atomic E-state index is -0.857. The van der Waals surface area contributed by atoms with Crippen molar-refractivity contribution in [3.63, 3.8) is 0 Å². The van der Waals surface area contributed by atoms with Crippen molar-refractivity contribution in [2.45, 2.75) is 18.6 Å². The third-order valence-corrected chi connectivity index (χ3v) is 2.62. The molecule has 0 aliphatic heterocycles. The molecule has 2 heterocycles. The smallest absolute Gasteiger partial charge is 0.304 e. The van der Waals surface area contributed by atoms with E-state index in [0.717, 1.165) is 0 Å². The van der Waals surface area contributed by atoms with Crippen molar-refractivity contribution in [1.82, 2.24) is 15.4 Å². The molecule has 1 N–H and O–H groups in total. The van der Waals surface area contributed by atoms with Crippen LogP contribution in [0.15, 0.2) is 20.2 Å². The number of aliphatic carboxylic acids is 1. The van der Waals surface area contributed by atoms with E-state index in [1.54, 1.807) is 13.0 Å². The number of thioether (sulfide) groups is 1. The number of nitrogens with zero attached hydrogens (tertiary/aromatic N) is 3. The molecule has 0 aliphatic carbocycles. The van der Waals surface area contributed by atoms with Gasteiger partial charge in [0.25, 0.3) is 11.1 Å². The maximum absolute atomic E-state index is 10.3. The molecule has 7 nitrogen and oxygen atoms in total. The van der Waals surface area contributed by atoms with Crippen LogP contribution in [0.4, 0.5) is 0 Å². The average Bonchev–Trinajstić information content (AvgIpc) is 2.86. The molecule has 2 aromatic heterocycles. The Morgan fingerprint density at radius 1 is 1.53 bits per heavy atom. The summed E-state index contributed by atoms with van der Waals surface area (Å²) in [6, 6.07) is 1.68. The minimum absolute atomic E-state index is 0.0471. The summed E-state index contributed by atoms with van der Waals surface area (Å²) in [5, 5.41) is 20.1. The van der Waals surface area contributed by atoms with Crippen LogP contribution in [-0.4, -0.2) is 32.2 Å². The van der Waals surface area contributed by atoms with Crippen LogP contribution in [0.25, 0.3) is 11.6 Å². The Hall–Kier alpha value is -1.83. The zero-order valence-corrected chi connectivity index (χ0v) is 9.73. The van der Waals surface area contributed by atoms with Gasteiger partial charge in [0.05, 0.1) is 6.42 Å². The first-order chi connectivity index (χ1) is 8.15. The Kier molecular flexibility index (Phi) is 3.43. The summed E-state index contributed by atoms with van der Waals surface area (Å²) in [5.41, 5.74) is 0.472. The molecule has 0 amide bonds. The number of hydrogen-bond acceptors (Lipinski definition) is 7. The number of aryl methyl sites for hydroxylation is 1. The Balaban J connectivity index is 1.98. The first-order valence-corrected chi connectivity index (χ1v) is 5.75. The van der Waals surface area contributed by atoms with Gasteiger partial charge in [0.1, 0.15) is 5.76 Å².